The summed E-state index contributed by atoms with van der Waals surface area (Å²) < 4.78 is 0. The second-order valence-corrected chi connectivity index (χ2v) is 4.92. The first-order valence-corrected chi connectivity index (χ1v) is 6.85. The van der Waals surface area contributed by atoms with Crippen LogP contribution in [0.15, 0.2) is 24.3 Å². The van der Waals surface area contributed by atoms with Gasteiger partial charge in [-0.3, -0.25) is 0 Å². The molecule has 0 amide bonds. The molecule has 0 aliphatic carbocycles. The highest BCUT2D eigenvalue weighted by atomic mass is 35.5. The lowest BCUT2D eigenvalue weighted by molar-refractivity contribution is 0.923. The van der Waals surface area contributed by atoms with Crippen molar-refractivity contribution in [3.63, 3.8) is 0 Å². The van der Waals surface area contributed by atoms with Crippen LogP contribution in [0.3, 0.4) is 0 Å². The highest BCUT2D eigenvalue weighted by Gasteiger charge is 2.09. The Kier molecular flexibility index (Phi) is 4.38. The molecule has 2 rings (SSSR count). The van der Waals surface area contributed by atoms with E-state index in [0.29, 0.717) is 11.0 Å². The smallest absolute Gasteiger partial charge is 0.172 e. The molecule has 0 unspecified atom stereocenters. The fourth-order valence-corrected chi connectivity index (χ4v) is 2.13. The SMILES string of the molecule is CCCc1ccccc1Nc1nc(C)c(C)nc1Cl. The van der Waals surface area contributed by atoms with E-state index in [0.717, 1.165) is 29.9 Å². The van der Waals surface area contributed by atoms with E-state index in [1.165, 1.54) is 5.56 Å². The quantitative estimate of drug-likeness (QED) is 0.896. The summed E-state index contributed by atoms with van der Waals surface area (Å²) in [7, 11) is 0. The number of aryl methyl sites for hydroxylation is 3. The molecule has 0 aliphatic heterocycles. The summed E-state index contributed by atoms with van der Waals surface area (Å²) >= 11 is 6.14. The Morgan fingerprint density at radius 2 is 1.79 bits per heavy atom. The second kappa shape index (κ2) is 6.02. The highest BCUT2D eigenvalue weighted by Crippen LogP contribution is 2.25. The summed E-state index contributed by atoms with van der Waals surface area (Å²) in [6.45, 7) is 6.00. The zero-order valence-electron chi connectivity index (χ0n) is 11.5. The van der Waals surface area contributed by atoms with E-state index < -0.39 is 0 Å². The van der Waals surface area contributed by atoms with Gasteiger partial charge >= 0.3 is 0 Å². The number of aromatic nitrogens is 2. The first-order valence-electron chi connectivity index (χ1n) is 6.47. The van der Waals surface area contributed by atoms with Crippen LogP contribution in [0.4, 0.5) is 11.5 Å². The van der Waals surface area contributed by atoms with Crippen LogP contribution in [0.25, 0.3) is 0 Å². The van der Waals surface area contributed by atoms with Crippen LogP contribution in [0, 0.1) is 13.8 Å². The molecule has 0 spiro atoms. The Morgan fingerprint density at radius 3 is 2.53 bits per heavy atom. The molecule has 100 valence electrons. The van der Waals surface area contributed by atoms with Gasteiger partial charge in [0.15, 0.2) is 11.0 Å². The van der Waals surface area contributed by atoms with Gasteiger partial charge in [0.1, 0.15) is 0 Å². The van der Waals surface area contributed by atoms with E-state index in [-0.39, 0.29) is 0 Å². The number of nitrogens with zero attached hydrogens (tertiary/aromatic N) is 2. The number of hydrogen-bond donors (Lipinski definition) is 1. The Morgan fingerprint density at radius 1 is 1.11 bits per heavy atom. The molecular formula is C15H18ClN3. The van der Waals surface area contributed by atoms with Crippen molar-refractivity contribution in [3.8, 4) is 0 Å². The summed E-state index contributed by atoms with van der Waals surface area (Å²) in [5, 5.41) is 3.70. The summed E-state index contributed by atoms with van der Waals surface area (Å²) in [5.74, 6) is 0.619. The standard InChI is InChI=1S/C15H18ClN3/c1-4-7-12-8-5-6-9-13(12)19-15-14(16)17-10(2)11(3)18-15/h5-6,8-9H,4,7H2,1-3H3,(H,18,19). The van der Waals surface area contributed by atoms with Gasteiger partial charge in [-0.05, 0) is 31.9 Å². The average molecular weight is 276 g/mol. The fourth-order valence-electron chi connectivity index (χ4n) is 1.91. The number of para-hydroxylation sites is 1. The Labute approximate surface area is 119 Å². The summed E-state index contributed by atoms with van der Waals surface area (Å²) in [5.41, 5.74) is 4.06. The molecule has 0 fully saturated rings. The molecule has 0 bridgehead atoms. The molecule has 0 aliphatic rings. The summed E-state index contributed by atoms with van der Waals surface area (Å²) in [6, 6.07) is 8.21. The van der Waals surface area contributed by atoms with Crippen molar-refractivity contribution in [2.24, 2.45) is 0 Å². The van der Waals surface area contributed by atoms with Crippen molar-refractivity contribution in [2.75, 3.05) is 5.32 Å². The maximum absolute atomic E-state index is 6.14. The normalized spacial score (nSPS) is 10.5. The van der Waals surface area contributed by atoms with Crippen LogP contribution in [0.1, 0.15) is 30.3 Å². The Bertz CT molecular complexity index is 582. The number of rotatable bonds is 4. The molecule has 0 atom stereocenters. The third-order valence-electron chi connectivity index (χ3n) is 3.05. The Hall–Kier alpha value is -1.61. The third-order valence-corrected chi connectivity index (χ3v) is 3.32. The first kappa shape index (κ1) is 13.8. The van der Waals surface area contributed by atoms with E-state index >= 15 is 0 Å². The van der Waals surface area contributed by atoms with Gasteiger partial charge in [0, 0.05) is 5.69 Å². The molecule has 19 heavy (non-hydrogen) atoms. The van der Waals surface area contributed by atoms with Gasteiger partial charge in [0.05, 0.1) is 11.4 Å². The summed E-state index contributed by atoms with van der Waals surface area (Å²) in [6.07, 6.45) is 2.13. The fraction of sp³-hybridized carbons (Fsp3) is 0.333. The molecule has 1 N–H and O–H groups in total. The minimum absolute atomic E-state index is 0.411. The van der Waals surface area contributed by atoms with Crippen molar-refractivity contribution in [1.29, 1.82) is 0 Å². The maximum Gasteiger partial charge on any atom is 0.172 e. The molecule has 2 aromatic rings. The van der Waals surface area contributed by atoms with Crippen LogP contribution in [0.2, 0.25) is 5.15 Å². The zero-order chi connectivity index (χ0) is 13.8. The summed E-state index contributed by atoms with van der Waals surface area (Å²) in [4.78, 5) is 8.75. The van der Waals surface area contributed by atoms with Crippen LogP contribution >= 0.6 is 11.6 Å². The Balaban J connectivity index is 2.33. The zero-order valence-corrected chi connectivity index (χ0v) is 12.3. The molecular weight excluding hydrogens is 258 g/mol. The van der Waals surface area contributed by atoms with Gasteiger partial charge < -0.3 is 5.32 Å². The first-order chi connectivity index (χ1) is 9.11. The third kappa shape index (κ3) is 3.24. The van der Waals surface area contributed by atoms with Gasteiger partial charge in [-0.1, -0.05) is 43.1 Å². The number of hydrogen-bond acceptors (Lipinski definition) is 3. The van der Waals surface area contributed by atoms with Crippen LogP contribution in [-0.4, -0.2) is 9.97 Å². The number of nitrogens with one attached hydrogen (secondary N) is 1. The van der Waals surface area contributed by atoms with Crippen LogP contribution in [0.5, 0.6) is 0 Å². The molecule has 1 heterocycles. The number of benzene rings is 1. The lowest BCUT2D eigenvalue weighted by Gasteiger charge is -2.12. The lowest BCUT2D eigenvalue weighted by atomic mass is 10.1. The predicted molar refractivity (Wildman–Crippen MR) is 80.2 cm³/mol. The predicted octanol–water partition coefficient (Wildman–Crippen LogP) is 4.44. The van der Waals surface area contributed by atoms with E-state index in [4.69, 9.17) is 11.6 Å². The van der Waals surface area contributed by atoms with E-state index in [1.807, 2.05) is 32.0 Å². The van der Waals surface area contributed by atoms with Gasteiger partial charge in [0.25, 0.3) is 0 Å². The lowest BCUT2D eigenvalue weighted by Crippen LogP contribution is -2.02. The molecule has 3 nitrogen and oxygen atoms in total. The van der Waals surface area contributed by atoms with E-state index in [9.17, 15) is 0 Å². The molecule has 0 saturated carbocycles. The highest BCUT2D eigenvalue weighted by molar-refractivity contribution is 6.31. The average Bonchev–Trinajstić information content (AvgIpc) is 2.38. The van der Waals surface area contributed by atoms with E-state index in [1.54, 1.807) is 0 Å². The minimum Gasteiger partial charge on any atom is -0.337 e. The largest absolute Gasteiger partial charge is 0.337 e. The van der Waals surface area contributed by atoms with E-state index in [2.05, 4.69) is 28.3 Å². The molecule has 4 heteroatoms. The van der Waals surface area contributed by atoms with Crippen LogP contribution < -0.4 is 5.32 Å². The number of anilines is 2. The maximum atomic E-state index is 6.14. The molecule has 0 saturated heterocycles. The van der Waals surface area contributed by atoms with Crippen molar-refractivity contribution in [3.05, 3.63) is 46.4 Å². The van der Waals surface area contributed by atoms with Crippen molar-refractivity contribution in [2.45, 2.75) is 33.6 Å². The van der Waals surface area contributed by atoms with Crippen molar-refractivity contribution in [1.82, 2.24) is 9.97 Å². The molecule has 1 aromatic carbocycles. The monoisotopic (exact) mass is 275 g/mol. The second-order valence-electron chi connectivity index (χ2n) is 4.57. The molecule has 0 radical (unpaired) electrons. The minimum atomic E-state index is 0.411. The number of halogens is 1. The topological polar surface area (TPSA) is 37.8 Å². The van der Waals surface area contributed by atoms with Gasteiger partial charge in [-0.25, -0.2) is 9.97 Å². The van der Waals surface area contributed by atoms with Gasteiger partial charge in [0.2, 0.25) is 0 Å². The molecule has 1 aromatic heterocycles. The van der Waals surface area contributed by atoms with Gasteiger partial charge in [-0.15, -0.1) is 0 Å². The van der Waals surface area contributed by atoms with Gasteiger partial charge in [-0.2, -0.15) is 0 Å². The van der Waals surface area contributed by atoms with Crippen LogP contribution in [-0.2, 0) is 6.42 Å². The van der Waals surface area contributed by atoms with Crippen molar-refractivity contribution < 1.29 is 0 Å². The van der Waals surface area contributed by atoms with Crippen molar-refractivity contribution >= 4 is 23.1 Å².